The van der Waals surface area contributed by atoms with E-state index in [0.717, 1.165) is 42.2 Å². The Kier molecular flexibility index (Phi) is 5.98. The van der Waals surface area contributed by atoms with Gasteiger partial charge in [0.15, 0.2) is 4.80 Å². The van der Waals surface area contributed by atoms with Crippen molar-refractivity contribution in [1.29, 1.82) is 0 Å². The normalized spacial score (nSPS) is 22.0. The summed E-state index contributed by atoms with van der Waals surface area (Å²) >= 11 is 1.59. The van der Waals surface area contributed by atoms with Crippen LogP contribution < -0.4 is 4.80 Å². The van der Waals surface area contributed by atoms with Crippen LogP contribution in [0.1, 0.15) is 18.5 Å². The highest BCUT2D eigenvalue weighted by Crippen LogP contribution is 2.21. The van der Waals surface area contributed by atoms with Crippen LogP contribution >= 0.6 is 11.3 Å². The third-order valence-corrected chi connectivity index (χ3v) is 7.97. The molecule has 0 radical (unpaired) electrons. The zero-order valence-electron chi connectivity index (χ0n) is 15.9. The van der Waals surface area contributed by atoms with Crippen LogP contribution in [-0.4, -0.2) is 56.3 Å². The molecule has 9 heteroatoms. The molecule has 152 valence electrons. The van der Waals surface area contributed by atoms with Crippen molar-refractivity contribution in [2.75, 3.05) is 32.9 Å². The number of hydrogen-bond acceptors (Lipinski definition) is 6. The molecule has 4 rings (SSSR count). The molecule has 0 aliphatic carbocycles. The van der Waals surface area contributed by atoms with E-state index in [0.29, 0.717) is 31.2 Å². The molecule has 1 unspecified atom stereocenters. The topological polar surface area (TPSA) is 73.1 Å². The molecule has 0 N–H and O–H groups in total. The molecule has 2 fully saturated rings. The first-order valence-electron chi connectivity index (χ1n) is 9.53. The Bertz CT molecular complexity index is 967. The molecular formula is C19H25N3O4S2. The van der Waals surface area contributed by atoms with Gasteiger partial charge in [-0.2, -0.15) is 4.31 Å². The van der Waals surface area contributed by atoms with Gasteiger partial charge >= 0.3 is 0 Å². The van der Waals surface area contributed by atoms with Crippen LogP contribution in [-0.2, 0) is 26.0 Å². The summed E-state index contributed by atoms with van der Waals surface area (Å²) in [4.78, 5) is 5.93. The maximum absolute atomic E-state index is 12.7. The summed E-state index contributed by atoms with van der Waals surface area (Å²) in [6.07, 6.45) is 2.43. The van der Waals surface area contributed by atoms with Gasteiger partial charge in [0.05, 0.1) is 36.4 Å². The predicted octanol–water partition coefficient (Wildman–Crippen LogP) is 2.29. The molecular weight excluding hydrogens is 398 g/mol. The van der Waals surface area contributed by atoms with Crippen LogP contribution in [0, 0.1) is 6.92 Å². The van der Waals surface area contributed by atoms with Gasteiger partial charge in [-0.05, 0) is 44.0 Å². The zero-order chi connectivity index (χ0) is 19.6. The number of thiazole rings is 1. The van der Waals surface area contributed by atoms with Gasteiger partial charge in [-0.15, -0.1) is 11.3 Å². The monoisotopic (exact) mass is 423 g/mol. The van der Waals surface area contributed by atoms with E-state index in [1.54, 1.807) is 35.6 Å². The molecule has 2 aliphatic heterocycles. The summed E-state index contributed by atoms with van der Waals surface area (Å²) in [5.74, 6) is 0. The molecule has 7 nitrogen and oxygen atoms in total. The lowest BCUT2D eigenvalue weighted by molar-refractivity contribution is 0.0730. The molecule has 1 atom stereocenters. The second-order valence-corrected chi connectivity index (χ2v) is 9.80. The van der Waals surface area contributed by atoms with Crippen molar-refractivity contribution in [2.45, 2.75) is 37.3 Å². The fourth-order valence-corrected chi connectivity index (χ4v) is 5.77. The van der Waals surface area contributed by atoms with Gasteiger partial charge in [0.1, 0.15) is 0 Å². The molecule has 1 aromatic carbocycles. The number of morpholine rings is 1. The fraction of sp³-hybridized carbons (Fsp3) is 0.526. The van der Waals surface area contributed by atoms with Crippen LogP contribution in [0.15, 0.2) is 39.5 Å². The average molecular weight is 424 g/mol. The zero-order valence-corrected chi connectivity index (χ0v) is 17.5. The van der Waals surface area contributed by atoms with Crippen LogP contribution in [0.2, 0.25) is 0 Å². The smallest absolute Gasteiger partial charge is 0.243 e. The first-order chi connectivity index (χ1) is 13.5. The molecule has 2 aliphatic rings. The van der Waals surface area contributed by atoms with Gasteiger partial charge in [-0.3, -0.25) is 0 Å². The lowest BCUT2D eigenvalue weighted by Gasteiger charge is -2.26. The van der Waals surface area contributed by atoms with Crippen LogP contribution in [0.3, 0.4) is 0 Å². The van der Waals surface area contributed by atoms with Gasteiger partial charge in [0.25, 0.3) is 0 Å². The Morgan fingerprint density at radius 1 is 1.18 bits per heavy atom. The lowest BCUT2D eigenvalue weighted by atomic mass is 10.2. The van der Waals surface area contributed by atoms with Gasteiger partial charge in [-0.25, -0.2) is 13.4 Å². The van der Waals surface area contributed by atoms with E-state index < -0.39 is 10.0 Å². The third kappa shape index (κ3) is 4.23. The van der Waals surface area contributed by atoms with Crippen LogP contribution in [0.25, 0.3) is 0 Å². The summed E-state index contributed by atoms with van der Waals surface area (Å²) in [5, 5.41) is 2.09. The summed E-state index contributed by atoms with van der Waals surface area (Å²) in [6, 6.07) is 6.79. The number of aromatic nitrogens is 1. The number of benzene rings is 1. The molecule has 0 bridgehead atoms. The van der Waals surface area contributed by atoms with E-state index in [1.807, 2.05) is 0 Å². The Hall–Kier alpha value is -1.52. The lowest BCUT2D eigenvalue weighted by Crippen LogP contribution is -2.40. The van der Waals surface area contributed by atoms with Crippen molar-refractivity contribution in [2.24, 2.45) is 4.99 Å². The Labute approximate surface area is 169 Å². The van der Waals surface area contributed by atoms with Gasteiger partial charge < -0.3 is 14.0 Å². The minimum atomic E-state index is -3.48. The van der Waals surface area contributed by atoms with Crippen molar-refractivity contribution in [3.05, 3.63) is 40.1 Å². The van der Waals surface area contributed by atoms with Crippen molar-refractivity contribution >= 4 is 27.0 Å². The number of aryl methyl sites for hydroxylation is 1. The molecule has 0 amide bonds. The summed E-state index contributed by atoms with van der Waals surface area (Å²) in [5.41, 5.74) is 1.90. The summed E-state index contributed by atoms with van der Waals surface area (Å²) in [6.45, 7) is 5.38. The first kappa shape index (κ1) is 19.8. The van der Waals surface area contributed by atoms with Gasteiger partial charge in [0.2, 0.25) is 10.0 Å². The first-order valence-corrected chi connectivity index (χ1v) is 11.9. The quantitative estimate of drug-likeness (QED) is 0.740. The summed E-state index contributed by atoms with van der Waals surface area (Å²) < 4.78 is 40.1. The molecule has 1 aromatic heterocycles. The van der Waals surface area contributed by atoms with Crippen molar-refractivity contribution in [1.82, 2.24) is 8.87 Å². The standard InChI is InChI=1S/C19H25N3O4S2/c1-15-14-27-19(22(15)13-17-3-2-10-26-17)20-16-4-6-18(7-5-16)28(23,24)21-8-11-25-12-9-21/h4-7,14,17H,2-3,8-13H2,1H3. The van der Waals surface area contributed by atoms with Crippen LogP contribution in [0.4, 0.5) is 5.69 Å². The van der Waals surface area contributed by atoms with E-state index >= 15 is 0 Å². The minimum Gasteiger partial charge on any atom is -0.379 e. The largest absolute Gasteiger partial charge is 0.379 e. The number of nitrogens with zero attached hydrogens (tertiary/aromatic N) is 3. The highest BCUT2D eigenvalue weighted by Gasteiger charge is 2.26. The Morgan fingerprint density at radius 3 is 2.61 bits per heavy atom. The molecule has 0 spiro atoms. The Morgan fingerprint density at radius 2 is 1.93 bits per heavy atom. The van der Waals surface area contributed by atoms with E-state index in [1.165, 1.54) is 4.31 Å². The maximum atomic E-state index is 12.7. The van der Waals surface area contributed by atoms with E-state index in [-0.39, 0.29) is 6.10 Å². The van der Waals surface area contributed by atoms with E-state index in [9.17, 15) is 8.42 Å². The minimum absolute atomic E-state index is 0.244. The maximum Gasteiger partial charge on any atom is 0.243 e. The van der Waals surface area contributed by atoms with Crippen molar-refractivity contribution < 1.29 is 17.9 Å². The highest BCUT2D eigenvalue weighted by molar-refractivity contribution is 7.89. The number of rotatable bonds is 5. The second-order valence-electron chi connectivity index (χ2n) is 7.03. The second kappa shape index (κ2) is 8.46. The number of ether oxygens (including phenoxy) is 2. The van der Waals surface area contributed by atoms with Crippen LogP contribution in [0.5, 0.6) is 0 Å². The molecule has 3 heterocycles. The number of sulfonamides is 1. The third-order valence-electron chi connectivity index (χ3n) is 5.07. The van der Waals surface area contributed by atoms with Gasteiger partial charge in [0, 0.05) is 30.8 Å². The number of hydrogen-bond donors (Lipinski definition) is 0. The van der Waals surface area contributed by atoms with Crippen molar-refractivity contribution in [3.8, 4) is 0 Å². The Balaban J connectivity index is 1.56. The SMILES string of the molecule is Cc1csc(=Nc2ccc(S(=O)(=O)N3CCOCC3)cc2)n1CC1CCCO1. The molecule has 0 saturated carbocycles. The highest BCUT2D eigenvalue weighted by atomic mass is 32.2. The summed E-state index contributed by atoms with van der Waals surface area (Å²) in [7, 11) is -3.48. The van der Waals surface area contributed by atoms with Gasteiger partial charge in [-0.1, -0.05) is 0 Å². The average Bonchev–Trinajstić information content (AvgIpc) is 3.35. The van der Waals surface area contributed by atoms with E-state index in [2.05, 4.69) is 16.9 Å². The molecule has 2 aromatic rings. The fourth-order valence-electron chi connectivity index (χ4n) is 3.46. The molecule has 28 heavy (non-hydrogen) atoms. The van der Waals surface area contributed by atoms with Crippen molar-refractivity contribution in [3.63, 3.8) is 0 Å². The molecule has 2 saturated heterocycles. The van der Waals surface area contributed by atoms with E-state index in [4.69, 9.17) is 14.5 Å². The predicted molar refractivity (Wildman–Crippen MR) is 107 cm³/mol.